The summed E-state index contributed by atoms with van der Waals surface area (Å²) in [7, 11) is 0. The van der Waals surface area contributed by atoms with Crippen molar-refractivity contribution >= 4 is 17.2 Å². The van der Waals surface area contributed by atoms with Crippen LogP contribution in [0.1, 0.15) is 39.2 Å². The molecular weight excluding hydrogens is 285 g/mol. The van der Waals surface area contributed by atoms with Crippen LogP contribution in [0.2, 0.25) is 5.02 Å². The Hall–Kier alpha value is -0.960. The zero-order valence-electron chi connectivity index (χ0n) is 11.8. The predicted molar refractivity (Wildman–Crippen MR) is 76.6 cm³/mol. The fraction of sp³-hybridized carbons (Fsp3) is 0.500. The smallest absolute Gasteiger partial charge is 0.171 e. The Morgan fingerprint density at radius 2 is 1.80 bits per heavy atom. The molecule has 0 saturated carbocycles. The molecule has 0 spiro atoms. The summed E-state index contributed by atoms with van der Waals surface area (Å²) >= 11 is 5.95. The average molecular weight is 303 g/mol. The first kappa shape index (κ1) is 15.4. The van der Waals surface area contributed by atoms with E-state index in [9.17, 15) is 13.2 Å². The van der Waals surface area contributed by atoms with Crippen LogP contribution >= 0.6 is 11.6 Å². The summed E-state index contributed by atoms with van der Waals surface area (Å²) in [6, 6.07) is 7.04. The predicted octanol–water partition coefficient (Wildman–Crippen LogP) is 6.11. The lowest BCUT2D eigenvalue weighted by Crippen LogP contribution is -2.41. The Bertz CT molecular complexity index is 543. The first-order chi connectivity index (χ1) is 9.02. The highest BCUT2D eigenvalue weighted by Gasteiger charge is 2.54. The summed E-state index contributed by atoms with van der Waals surface area (Å²) in [4.78, 5) is 0. The summed E-state index contributed by atoms with van der Waals surface area (Å²) in [6.45, 7) is 5.01. The molecule has 1 atom stereocenters. The van der Waals surface area contributed by atoms with Gasteiger partial charge in [-0.05, 0) is 41.5 Å². The van der Waals surface area contributed by atoms with Gasteiger partial charge in [0.15, 0.2) is 0 Å². The van der Waals surface area contributed by atoms with Gasteiger partial charge in [-0.3, -0.25) is 0 Å². The molecule has 1 aromatic rings. The van der Waals surface area contributed by atoms with E-state index >= 15 is 0 Å². The third-order valence-electron chi connectivity index (χ3n) is 3.87. The van der Waals surface area contributed by atoms with Gasteiger partial charge in [0.05, 0.1) is 5.41 Å². The summed E-state index contributed by atoms with van der Waals surface area (Å²) in [6.07, 6.45) is -2.15. The number of rotatable bonds is 1. The normalized spacial score (nSPS) is 26.2. The van der Waals surface area contributed by atoms with Gasteiger partial charge in [-0.2, -0.15) is 13.2 Å². The molecule has 1 aliphatic carbocycles. The number of hydrogen-bond acceptors (Lipinski definition) is 0. The molecular formula is C16H18ClF3. The molecule has 0 saturated heterocycles. The molecule has 0 bridgehead atoms. The summed E-state index contributed by atoms with van der Waals surface area (Å²) in [5, 5.41) is 0.542. The number of alkyl halides is 3. The Labute approximate surface area is 122 Å². The maximum Gasteiger partial charge on any atom is 0.394 e. The lowest BCUT2D eigenvalue weighted by atomic mass is 9.64. The lowest BCUT2D eigenvalue weighted by Gasteiger charge is -2.42. The van der Waals surface area contributed by atoms with Crippen molar-refractivity contribution in [2.45, 2.75) is 39.8 Å². The van der Waals surface area contributed by atoms with Gasteiger partial charge in [-0.15, -0.1) is 0 Å². The topological polar surface area (TPSA) is 0 Å². The van der Waals surface area contributed by atoms with Gasteiger partial charge >= 0.3 is 6.18 Å². The summed E-state index contributed by atoms with van der Waals surface area (Å²) in [5.74, 6) is 0. The monoisotopic (exact) mass is 302 g/mol. The zero-order chi connectivity index (χ0) is 15.2. The van der Waals surface area contributed by atoms with E-state index in [1.54, 1.807) is 18.2 Å². The van der Waals surface area contributed by atoms with E-state index in [2.05, 4.69) is 0 Å². The zero-order valence-corrected chi connectivity index (χ0v) is 12.6. The fourth-order valence-corrected chi connectivity index (χ4v) is 3.33. The fourth-order valence-electron chi connectivity index (χ4n) is 3.14. The van der Waals surface area contributed by atoms with Crippen LogP contribution in [0.5, 0.6) is 0 Å². The van der Waals surface area contributed by atoms with E-state index < -0.39 is 17.0 Å². The van der Waals surface area contributed by atoms with E-state index in [-0.39, 0.29) is 12.8 Å². The van der Waals surface area contributed by atoms with Crippen molar-refractivity contribution in [3.05, 3.63) is 40.9 Å². The van der Waals surface area contributed by atoms with Crippen molar-refractivity contribution in [3.63, 3.8) is 0 Å². The third kappa shape index (κ3) is 3.03. The molecule has 0 fully saturated rings. The Kier molecular flexibility index (Phi) is 3.70. The van der Waals surface area contributed by atoms with Crippen molar-refractivity contribution in [2.24, 2.45) is 10.8 Å². The largest absolute Gasteiger partial charge is 0.394 e. The number of allylic oxidation sites excluding steroid dienone is 2. The van der Waals surface area contributed by atoms with Crippen molar-refractivity contribution in [3.8, 4) is 0 Å². The molecule has 0 nitrogen and oxygen atoms in total. The first-order valence-electron chi connectivity index (χ1n) is 6.57. The number of hydrogen-bond donors (Lipinski definition) is 0. The molecule has 0 amide bonds. The molecule has 20 heavy (non-hydrogen) atoms. The maximum absolute atomic E-state index is 13.4. The van der Waals surface area contributed by atoms with E-state index in [4.69, 9.17) is 11.6 Å². The third-order valence-corrected chi connectivity index (χ3v) is 4.11. The van der Waals surface area contributed by atoms with Gasteiger partial charge in [0, 0.05) is 5.02 Å². The molecule has 0 radical (unpaired) electrons. The molecule has 0 heterocycles. The van der Waals surface area contributed by atoms with Crippen LogP contribution in [0.4, 0.5) is 13.2 Å². The number of benzene rings is 1. The van der Waals surface area contributed by atoms with Gasteiger partial charge < -0.3 is 0 Å². The molecule has 0 aromatic heterocycles. The van der Waals surface area contributed by atoms with E-state index in [1.807, 2.05) is 26.0 Å². The van der Waals surface area contributed by atoms with Gasteiger partial charge in [0.1, 0.15) is 0 Å². The SMILES string of the molecule is CC1(C)C=C(c2cccc(Cl)c2)CC(C)(C(F)(F)F)C1. The quantitative estimate of drug-likeness (QED) is 0.587. The summed E-state index contributed by atoms with van der Waals surface area (Å²) in [5.41, 5.74) is -0.674. The minimum absolute atomic E-state index is 0.000270. The minimum atomic E-state index is -4.21. The van der Waals surface area contributed by atoms with Crippen LogP contribution in [0.25, 0.3) is 5.57 Å². The minimum Gasteiger partial charge on any atom is -0.171 e. The van der Waals surface area contributed by atoms with Crippen LogP contribution < -0.4 is 0 Å². The highest BCUT2D eigenvalue weighted by atomic mass is 35.5. The van der Waals surface area contributed by atoms with Crippen LogP contribution in [0.15, 0.2) is 30.3 Å². The van der Waals surface area contributed by atoms with E-state index in [0.717, 1.165) is 11.1 Å². The Balaban J connectivity index is 2.46. The molecule has 0 aliphatic heterocycles. The van der Waals surface area contributed by atoms with E-state index in [1.165, 1.54) is 6.92 Å². The van der Waals surface area contributed by atoms with Crippen LogP contribution in [0.3, 0.4) is 0 Å². The Morgan fingerprint density at radius 1 is 1.15 bits per heavy atom. The van der Waals surface area contributed by atoms with Crippen LogP contribution in [0, 0.1) is 10.8 Å². The van der Waals surface area contributed by atoms with Crippen molar-refractivity contribution in [1.82, 2.24) is 0 Å². The van der Waals surface area contributed by atoms with Gasteiger partial charge in [-0.25, -0.2) is 0 Å². The molecule has 4 heteroatoms. The average Bonchev–Trinajstić information content (AvgIpc) is 2.24. The van der Waals surface area contributed by atoms with E-state index in [0.29, 0.717) is 5.02 Å². The molecule has 0 N–H and O–H groups in total. The van der Waals surface area contributed by atoms with Crippen molar-refractivity contribution in [2.75, 3.05) is 0 Å². The standard InChI is InChI=1S/C16H18ClF3/c1-14(2)8-12(11-5-4-6-13(17)7-11)9-15(3,10-14)16(18,19)20/h4-8H,9-10H2,1-3H3. The first-order valence-corrected chi connectivity index (χ1v) is 6.95. The highest BCUT2D eigenvalue weighted by Crippen LogP contribution is 2.55. The second kappa shape index (κ2) is 4.80. The Morgan fingerprint density at radius 3 is 2.35 bits per heavy atom. The molecule has 1 aliphatic rings. The molecule has 2 rings (SSSR count). The van der Waals surface area contributed by atoms with Gasteiger partial charge in [-0.1, -0.05) is 50.6 Å². The maximum atomic E-state index is 13.4. The van der Waals surface area contributed by atoms with Gasteiger partial charge in [0.25, 0.3) is 0 Å². The lowest BCUT2D eigenvalue weighted by molar-refractivity contribution is -0.225. The highest BCUT2D eigenvalue weighted by molar-refractivity contribution is 6.30. The second-order valence-electron chi connectivity index (χ2n) is 6.58. The summed E-state index contributed by atoms with van der Waals surface area (Å²) < 4.78 is 40.2. The molecule has 1 aromatic carbocycles. The molecule has 110 valence electrons. The van der Waals surface area contributed by atoms with Crippen molar-refractivity contribution in [1.29, 1.82) is 0 Å². The van der Waals surface area contributed by atoms with Crippen LogP contribution in [-0.2, 0) is 0 Å². The number of halogens is 4. The van der Waals surface area contributed by atoms with Gasteiger partial charge in [0.2, 0.25) is 0 Å². The van der Waals surface area contributed by atoms with Crippen molar-refractivity contribution < 1.29 is 13.2 Å². The van der Waals surface area contributed by atoms with Crippen LogP contribution in [-0.4, -0.2) is 6.18 Å². The second-order valence-corrected chi connectivity index (χ2v) is 7.02. The molecule has 1 unspecified atom stereocenters.